The van der Waals surface area contributed by atoms with Crippen LogP contribution in [0.3, 0.4) is 0 Å². The number of halogens is 1. The van der Waals surface area contributed by atoms with Crippen molar-refractivity contribution in [3.05, 3.63) is 12.2 Å². The van der Waals surface area contributed by atoms with Crippen LogP contribution >= 0.6 is 15.9 Å². The monoisotopic (exact) mass is 244 g/mol. The molecule has 0 heterocycles. The number of rotatable bonds is 3. The van der Waals surface area contributed by atoms with E-state index in [9.17, 15) is 0 Å². The molecule has 0 spiro atoms. The van der Waals surface area contributed by atoms with E-state index in [1.807, 2.05) is 0 Å². The van der Waals surface area contributed by atoms with Gasteiger partial charge in [-0.3, -0.25) is 0 Å². The Kier molecular flexibility index (Phi) is 5.08. The SMILES string of the molecule is CC1CCC(C=CCCBr)CC1C. The zero-order chi connectivity index (χ0) is 9.68. The second-order valence-corrected chi connectivity index (χ2v) is 5.23. The third-order valence-corrected chi connectivity index (χ3v) is 3.78. The summed E-state index contributed by atoms with van der Waals surface area (Å²) >= 11 is 3.44. The van der Waals surface area contributed by atoms with Crippen molar-refractivity contribution < 1.29 is 0 Å². The second-order valence-electron chi connectivity index (χ2n) is 4.43. The Morgan fingerprint density at radius 3 is 2.62 bits per heavy atom. The van der Waals surface area contributed by atoms with Crippen molar-refractivity contribution in [2.45, 2.75) is 39.5 Å². The van der Waals surface area contributed by atoms with E-state index in [0.717, 1.165) is 23.1 Å². The van der Waals surface area contributed by atoms with Crippen LogP contribution in [0.25, 0.3) is 0 Å². The molecule has 76 valence electrons. The third kappa shape index (κ3) is 3.84. The Balaban J connectivity index is 2.29. The van der Waals surface area contributed by atoms with Gasteiger partial charge in [0.2, 0.25) is 0 Å². The van der Waals surface area contributed by atoms with Crippen molar-refractivity contribution in [3.63, 3.8) is 0 Å². The molecule has 3 atom stereocenters. The molecule has 0 amide bonds. The smallest absolute Gasteiger partial charge is 0.00659 e. The first-order chi connectivity index (χ1) is 6.24. The maximum Gasteiger partial charge on any atom is 0.00659 e. The van der Waals surface area contributed by atoms with Gasteiger partial charge in [-0.15, -0.1) is 0 Å². The summed E-state index contributed by atoms with van der Waals surface area (Å²) in [5.74, 6) is 2.73. The van der Waals surface area contributed by atoms with E-state index in [1.54, 1.807) is 0 Å². The normalized spacial score (nSPS) is 35.5. The Morgan fingerprint density at radius 2 is 2.00 bits per heavy atom. The van der Waals surface area contributed by atoms with Gasteiger partial charge in [0.25, 0.3) is 0 Å². The summed E-state index contributed by atoms with van der Waals surface area (Å²) in [5, 5.41) is 1.10. The lowest BCUT2D eigenvalue weighted by atomic mass is 9.76. The van der Waals surface area contributed by atoms with Gasteiger partial charge in [-0.25, -0.2) is 0 Å². The van der Waals surface area contributed by atoms with Crippen molar-refractivity contribution in [2.75, 3.05) is 5.33 Å². The lowest BCUT2D eigenvalue weighted by Gasteiger charge is -2.30. The molecule has 1 aliphatic carbocycles. The van der Waals surface area contributed by atoms with Gasteiger partial charge >= 0.3 is 0 Å². The molecule has 0 aliphatic heterocycles. The molecule has 1 aliphatic rings. The van der Waals surface area contributed by atoms with Crippen molar-refractivity contribution in [2.24, 2.45) is 17.8 Å². The Hall–Kier alpha value is 0.220. The van der Waals surface area contributed by atoms with E-state index in [4.69, 9.17) is 0 Å². The van der Waals surface area contributed by atoms with Crippen LogP contribution < -0.4 is 0 Å². The minimum absolute atomic E-state index is 0.866. The van der Waals surface area contributed by atoms with Crippen LogP contribution in [0.2, 0.25) is 0 Å². The van der Waals surface area contributed by atoms with Crippen molar-refractivity contribution >= 4 is 15.9 Å². The number of allylic oxidation sites excluding steroid dienone is 2. The molecule has 0 radical (unpaired) electrons. The molecule has 0 aromatic heterocycles. The van der Waals surface area contributed by atoms with Crippen molar-refractivity contribution in [3.8, 4) is 0 Å². The molecule has 0 aromatic carbocycles. The average Bonchev–Trinajstić information content (AvgIpc) is 2.12. The minimum Gasteiger partial charge on any atom is -0.0925 e. The topological polar surface area (TPSA) is 0 Å². The predicted octanol–water partition coefficient (Wildman–Crippen LogP) is 4.40. The van der Waals surface area contributed by atoms with E-state index < -0.39 is 0 Å². The Labute approximate surface area is 90.9 Å². The third-order valence-electron chi connectivity index (χ3n) is 3.32. The van der Waals surface area contributed by atoms with E-state index in [0.29, 0.717) is 0 Å². The molecule has 1 saturated carbocycles. The molecular weight excluding hydrogens is 224 g/mol. The van der Waals surface area contributed by atoms with E-state index in [2.05, 4.69) is 41.9 Å². The molecule has 3 unspecified atom stereocenters. The highest BCUT2D eigenvalue weighted by atomic mass is 79.9. The highest BCUT2D eigenvalue weighted by molar-refractivity contribution is 9.09. The van der Waals surface area contributed by atoms with Gasteiger partial charge in [-0.2, -0.15) is 0 Å². The molecule has 0 saturated heterocycles. The molecule has 0 N–H and O–H groups in total. The highest BCUT2D eigenvalue weighted by Gasteiger charge is 2.22. The van der Waals surface area contributed by atoms with Gasteiger partial charge in [0.15, 0.2) is 0 Å². The first-order valence-electron chi connectivity index (χ1n) is 5.46. The molecule has 0 aromatic rings. The van der Waals surface area contributed by atoms with Crippen LogP contribution in [0.5, 0.6) is 0 Å². The summed E-state index contributed by atoms with van der Waals surface area (Å²) in [5.41, 5.74) is 0. The van der Waals surface area contributed by atoms with Gasteiger partial charge < -0.3 is 0 Å². The van der Waals surface area contributed by atoms with Gasteiger partial charge in [0.1, 0.15) is 0 Å². The first-order valence-corrected chi connectivity index (χ1v) is 6.58. The summed E-state index contributed by atoms with van der Waals surface area (Å²) in [6.07, 6.45) is 10.2. The fraction of sp³-hybridized carbons (Fsp3) is 0.833. The molecule has 1 rings (SSSR count). The number of alkyl halides is 1. The summed E-state index contributed by atoms with van der Waals surface area (Å²) < 4.78 is 0. The summed E-state index contributed by atoms with van der Waals surface area (Å²) in [7, 11) is 0. The summed E-state index contributed by atoms with van der Waals surface area (Å²) in [4.78, 5) is 0. The Morgan fingerprint density at radius 1 is 1.23 bits per heavy atom. The van der Waals surface area contributed by atoms with Crippen LogP contribution in [0.15, 0.2) is 12.2 Å². The molecule has 0 nitrogen and oxygen atoms in total. The maximum atomic E-state index is 3.44. The molecular formula is C12H21Br. The first kappa shape index (κ1) is 11.3. The predicted molar refractivity (Wildman–Crippen MR) is 63.2 cm³/mol. The number of hydrogen-bond donors (Lipinski definition) is 0. The fourth-order valence-corrected chi connectivity index (χ4v) is 2.38. The fourth-order valence-electron chi connectivity index (χ4n) is 2.12. The van der Waals surface area contributed by atoms with Crippen molar-refractivity contribution in [1.82, 2.24) is 0 Å². The van der Waals surface area contributed by atoms with Crippen LogP contribution in [-0.2, 0) is 0 Å². The average molecular weight is 245 g/mol. The summed E-state index contributed by atoms with van der Waals surface area (Å²) in [6.45, 7) is 4.79. The molecule has 13 heavy (non-hydrogen) atoms. The van der Waals surface area contributed by atoms with Crippen molar-refractivity contribution in [1.29, 1.82) is 0 Å². The van der Waals surface area contributed by atoms with Crippen LogP contribution in [-0.4, -0.2) is 5.33 Å². The Bertz CT molecular complexity index is 163. The minimum atomic E-state index is 0.866. The maximum absolute atomic E-state index is 3.44. The van der Waals surface area contributed by atoms with Crippen LogP contribution in [0, 0.1) is 17.8 Å². The molecule has 0 bridgehead atoms. The van der Waals surface area contributed by atoms with Gasteiger partial charge in [0.05, 0.1) is 0 Å². The van der Waals surface area contributed by atoms with Gasteiger partial charge in [0, 0.05) is 5.33 Å². The lowest BCUT2D eigenvalue weighted by molar-refractivity contribution is 0.236. The van der Waals surface area contributed by atoms with Gasteiger partial charge in [-0.1, -0.05) is 41.9 Å². The van der Waals surface area contributed by atoms with Crippen LogP contribution in [0.4, 0.5) is 0 Å². The quantitative estimate of drug-likeness (QED) is 0.510. The van der Waals surface area contributed by atoms with E-state index in [-0.39, 0.29) is 0 Å². The zero-order valence-electron chi connectivity index (χ0n) is 8.80. The zero-order valence-corrected chi connectivity index (χ0v) is 10.4. The number of hydrogen-bond acceptors (Lipinski definition) is 0. The molecule has 1 heteroatoms. The van der Waals surface area contributed by atoms with Crippen LogP contribution in [0.1, 0.15) is 39.5 Å². The highest BCUT2D eigenvalue weighted by Crippen LogP contribution is 2.33. The largest absolute Gasteiger partial charge is 0.0925 e. The van der Waals surface area contributed by atoms with E-state index >= 15 is 0 Å². The second kappa shape index (κ2) is 5.85. The van der Waals surface area contributed by atoms with Gasteiger partial charge in [-0.05, 0) is 43.4 Å². The molecule has 1 fully saturated rings. The lowest BCUT2D eigenvalue weighted by Crippen LogP contribution is -2.19. The van der Waals surface area contributed by atoms with E-state index in [1.165, 1.54) is 25.7 Å². The summed E-state index contributed by atoms with van der Waals surface area (Å²) in [6, 6.07) is 0. The standard InChI is InChI=1S/C12H21Br/c1-10-6-7-12(9-11(10)2)5-3-4-8-13/h3,5,10-12H,4,6-9H2,1-2H3.